The van der Waals surface area contributed by atoms with Crippen LogP contribution in [0.4, 0.5) is 0 Å². The third-order valence-corrected chi connectivity index (χ3v) is 9.27. The maximum atomic E-state index is 13.4. The fraction of sp³-hybridized carbons (Fsp3) is 0.581. The van der Waals surface area contributed by atoms with Crippen LogP contribution in [0.3, 0.4) is 0 Å². The van der Waals surface area contributed by atoms with Gasteiger partial charge in [-0.05, 0) is 92.8 Å². The second-order valence-corrected chi connectivity index (χ2v) is 11.5. The van der Waals surface area contributed by atoms with Crippen LogP contribution < -0.4 is 18.9 Å². The van der Waals surface area contributed by atoms with E-state index >= 15 is 0 Å². The predicted molar refractivity (Wildman–Crippen MR) is 149 cm³/mol. The number of nitrogens with zero attached hydrogens (tertiary/aromatic N) is 2. The molecule has 0 aromatic heterocycles. The molecule has 4 aliphatic rings. The Morgan fingerprint density at radius 2 is 1.62 bits per heavy atom. The first-order valence-corrected chi connectivity index (χ1v) is 14.4. The Labute approximate surface area is 235 Å². The zero-order valence-corrected chi connectivity index (χ0v) is 23.7. The van der Waals surface area contributed by atoms with Crippen LogP contribution in [0.2, 0.25) is 0 Å². The van der Waals surface area contributed by atoms with Crippen molar-refractivity contribution in [2.45, 2.75) is 37.5 Å². The highest BCUT2D eigenvalue weighted by molar-refractivity contribution is 5.79. The van der Waals surface area contributed by atoms with E-state index in [2.05, 4.69) is 22.9 Å². The van der Waals surface area contributed by atoms with E-state index in [0.717, 1.165) is 42.9 Å². The monoisotopic (exact) mass is 552 g/mol. The fourth-order valence-electron chi connectivity index (χ4n) is 7.11. The number of benzene rings is 2. The average molecular weight is 553 g/mol. The molecule has 9 nitrogen and oxygen atoms in total. The van der Waals surface area contributed by atoms with Crippen LogP contribution in [-0.2, 0) is 9.53 Å². The van der Waals surface area contributed by atoms with Gasteiger partial charge in [-0.2, -0.15) is 0 Å². The molecule has 2 fully saturated rings. The minimum Gasteiger partial charge on any atom is -0.502 e. The van der Waals surface area contributed by atoms with Crippen molar-refractivity contribution in [3.8, 4) is 28.7 Å². The summed E-state index contributed by atoms with van der Waals surface area (Å²) in [5, 5.41) is 10.6. The van der Waals surface area contributed by atoms with Crippen LogP contribution in [0.5, 0.6) is 28.7 Å². The Morgan fingerprint density at radius 1 is 0.950 bits per heavy atom. The lowest BCUT2D eigenvalue weighted by molar-refractivity contribution is -0.141. The topological polar surface area (TPSA) is 89.9 Å². The largest absolute Gasteiger partial charge is 0.502 e. The summed E-state index contributed by atoms with van der Waals surface area (Å²) in [6, 6.07) is 7.74. The van der Waals surface area contributed by atoms with E-state index in [9.17, 15) is 9.90 Å². The van der Waals surface area contributed by atoms with E-state index in [1.165, 1.54) is 52.1 Å². The lowest BCUT2D eigenvalue weighted by atomic mass is 9.62. The van der Waals surface area contributed by atoms with Crippen molar-refractivity contribution in [1.82, 2.24) is 9.80 Å². The van der Waals surface area contributed by atoms with E-state index < -0.39 is 0 Å². The highest BCUT2D eigenvalue weighted by Gasteiger charge is 2.52. The molecule has 0 amide bonds. The van der Waals surface area contributed by atoms with Crippen LogP contribution in [0.15, 0.2) is 24.3 Å². The first-order chi connectivity index (χ1) is 19.5. The molecule has 3 aliphatic heterocycles. The van der Waals surface area contributed by atoms with E-state index in [4.69, 9.17) is 23.7 Å². The molecule has 2 aromatic carbocycles. The molecule has 4 atom stereocenters. The molecule has 3 heterocycles. The molecular weight excluding hydrogens is 512 g/mol. The Morgan fingerprint density at radius 3 is 2.30 bits per heavy atom. The molecule has 6 rings (SSSR count). The van der Waals surface area contributed by atoms with E-state index in [1.807, 2.05) is 6.07 Å². The Hall–Kier alpha value is -3.17. The van der Waals surface area contributed by atoms with Crippen molar-refractivity contribution in [2.24, 2.45) is 11.8 Å². The number of carbonyl (C=O) groups is 1. The summed E-state index contributed by atoms with van der Waals surface area (Å²) in [4.78, 5) is 18.3. The molecule has 0 spiro atoms. The van der Waals surface area contributed by atoms with Crippen LogP contribution in [-0.4, -0.2) is 88.3 Å². The Kier molecular flexibility index (Phi) is 7.68. The molecule has 0 bridgehead atoms. The molecule has 2 saturated heterocycles. The van der Waals surface area contributed by atoms with Gasteiger partial charge in [0.25, 0.3) is 0 Å². The molecule has 0 radical (unpaired) electrons. The van der Waals surface area contributed by atoms with Crippen LogP contribution in [0.1, 0.15) is 54.2 Å². The summed E-state index contributed by atoms with van der Waals surface area (Å²) in [5.74, 6) is 1.26. The number of fused-ring (bicyclic) bond motifs is 3. The predicted octanol–water partition coefficient (Wildman–Crippen LogP) is 3.96. The number of esters is 1. The molecule has 2 aromatic rings. The van der Waals surface area contributed by atoms with Gasteiger partial charge in [0, 0.05) is 24.9 Å². The Bertz CT molecular complexity index is 1220. The summed E-state index contributed by atoms with van der Waals surface area (Å²) < 4.78 is 28.3. The van der Waals surface area contributed by atoms with Crippen LogP contribution in [0, 0.1) is 11.8 Å². The molecule has 1 aliphatic carbocycles. The minimum absolute atomic E-state index is 0.0201. The van der Waals surface area contributed by atoms with Crippen molar-refractivity contribution in [2.75, 3.05) is 67.4 Å². The highest BCUT2D eigenvalue weighted by Crippen LogP contribution is 2.56. The smallest absolute Gasteiger partial charge is 0.310 e. The van der Waals surface area contributed by atoms with Crippen LogP contribution in [0.25, 0.3) is 0 Å². The second-order valence-electron chi connectivity index (χ2n) is 11.5. The third-order valence-electron chi connectivity index (χ3n) is 9.27. The number of phenols is 1. The van der Waals surface area contributed by atoms with Gasteiger partial charge in [0.15, 0.2) is 23.0 Å². The molecule has 0 saturated carbocycles. The van der Waals surface area contributed by atoms with Crippen molar-refractivity contribution < 1.29 is 33.6 Å². The summed E-state index contributed by atoms with van der Waals surface area (Å²) in [7, 11) is 5.21. The van der Waals surface area contributed by atoms with Gasteiger partial charge in [-0.1, -0.05) is 6.42 Å². The maximum Gasteiger partial charge on any atom is 0.310 e. The van der Waals surface area contributed by atoms with Gasteiger partial charge in [-0.15, -0.1) is 0 Å². The zero-order chi connectivity index (χ0) is 27.8. The van der Waals surface area contributed by atoms with E-state index in [-0.39, 0.29) is 42.2 Å². The summed E-state index contributed by atoms with van der Waals surface area (Å²) in [5.41, 5.74) is 3.03. The molecule has 0 unspecified atom stereocenters. The van der Waals surface area contributed by atoms with Crippen molar-refractivity contribution in [3.05, 3.63) is 41.0 Å². The van der Waals surface area contributed by atoms with Gasteiger partial charge in [0.05, 0.1) is 26.7 Å². The SMILES string of the molecule is COc1cc([C@@H]2c3cc4c(cc3[C@@H](CCN(C)CCN3CCCCC3)[C@H]3COC(=O)[C@H]23)OCO4)cc(OC)c1O. The van der Waals surface area contributed by atoms with Gasteiger partial charge in [-0.25, -0.2) is 0 Å². The Balaban J connectivity index is 1.34. The number of methoxy groups -OCH3 is 2. The fourth-order valence-corrected chi connectivity index (χ4v) is 7.11. The first kappa shape index (κ1) is 27.0. The number of piperidine rings is 1. The molecule has 216 valence electrons. The third kappa shape index (κ3) is 4.94. The highest BCUT2D eigenvalue weighted by atomic mass is 16.7. The first-order valence-electron chi connectivity index (χ1n) is 14.4. The summed E-state index contributed by atoms with van der Waals surface area (Å²) in [6.45, 7) is 6.03. The number of hydrogen-bond acceptors (Lipinski definition) is 9. The van der Waals surface area contributed by atoms with Gasteiger partial charge in [-0.3, -0.25) is 4.79 Å². The van der Waals surface area contributed by atoms with Crippen molar-refractivity contribution >= 4 is 5.97 Å². The van der Waals surface area contributed by atoms with Gasteiger partial charge >= 0.3 is 5.97 Å². The zero-order valence-electron chi connectivity index (χ0n) is 23.7. The maximum absolute atomic E-state index is 13.4. The number of rotatable bonds is 9. The number of ether oxygens (including phenoxy) is 5. The number of phenolic OH excluding ortho intramolecular Hbond substituents is 1. The lowest BCUT2D eigenvalue weighted by Crippen LogP contribution is -2.38. The minimum atomic E-state index is -0.365. The number of cyclic esters (lactones) is 1. The van der Waals surface area contributed by atoms with Gasteiger partial charge in [0.1, 0.15) is 0 Å². The number of hydrogen-bond donors (Lipinski definition) is 1. The number of carbonyl (C=O) groups excluding carboxylic acids is 1. The van der Waals surface area contributed by atoms with Crippen LogP contribution >= 0.6 is 0 Å². The summed E-state index contributed by atoms with van der Waals surface area (Å²) >= 11 is 0. The average Bonchev–Trinajstić information content (AvgIpc) is 3.60. The number of likely N-dealkylation sites (N-methyl/N-ethyl adjacent to an activating group) is 1. The van der Waals surface area contributed by atoms with E-state index in [1.54, 1.807) is 12.1 Å². The second kappa shape index (κ2) is 11.4. The van der Waals surface area contributed by atoms with Gasteiger partial charge < -0.3 is 38.6 Å². The van der Waals surface area contributed by atoms with Gasteiger partial charge in [0.2, 0.25) is 12.5 Å². The molecule has 40 heavy (non-hydrogen) atoms. The standard InChI is InChI=1S/C31H40N2O7/c1-32(11-12-33-8-5-4-6-9-33)10-7-20-21-15-24-25(40-18-39-24)16-22(21)28(29-23(20)17-38-31(29)35)19-13-26(36-2)30(34)27(14-19)37-3/h13-16,20,23,28-29,34H,4-12,17-18H2,1-3H3/t20-,23-,28-,29+/m1/s1. The van der Waals surface area contributed by atoms with Crippen molar-refractivity contribution in [1.29, 1.82) is 0 Å². The quantitative estimate of drug-likeness (QED) is 0.464. The molecule has 1 N–H and O–H groups in total. The normalized spacial score (nSPS) is 25.4. The van der Waals surface area contributed by atoms with E-state index in [0.29, 0.717) is 23.9 Å². The van der Waals surface area contributed by atoms with Crippen molar-refractivity contribution in [3.63, 3.8) is 0 Å². The molecule has 9 heteroatoms. The number of likely N-dealkylation sites (tertiary alicyclic amines) is 1. The number of aromatic hydroxyl groups is 1. The lowest BCUT2D eigenvalue weighted by Gasteiger charge is -2.40. The summed E-state index contributed by atoms with van der Waals surface area (Å²) in [6.07, 6.45) is 4.86. The molecular formula is C31H40N2O7.